The fourth-order valence-corrected chi connectivity index (χ4v) is 3.52. The van der Waals surface area contributed by atoms with Gasteiger partial charge in [-0.1, -0.05) is 41.6 Å². The number of aromatic nitrogens is 4. The first-order chi connectivity index (χ1) is 12.2. The number of hydrogen-bond acceptors (Lipinski definition) is 5. The van der Waals surface area contributed by atoms with E-state index < -0.39 is 0 Å². The molecular weight excluding hydrogens is 356 g/mol. The second-order valence-corrected chi connectivity index (χ2v) is 6.96. The van der Waals surface area contributed by atoms with Crippen LogP contribution in [0, 0.1) is 6.92 Å². The van der Waals surface area contributed by atoms with Gasteiger partial charge in [0.1, 0.15) is 11.6 Å². The third-order valence-corrected chi connectivity index (χ3v) is 4.76. The zero-order valence-electron chi connectivity index (χ0n) is 13.5. The number of hydrogen-bond donors (Lipinski definition) is 0. The summed E-state index contributed by atoms with van der Waals surface area (Å²) in [5, 5.41) is 6.96. The van der Waals surface area contributed by atoms with E-state index in [9.17, 15) is 0 Å². The van der Waals surface area contributed by atoms with Crippen LogP contribution in [-0.4, -0.2) is 31.9 Å². The van der Waals surface area contributed by atoms with Crippen molar-refractivity contribution in [3.63, 3.8) is 0 Å². The summed E-state index contributed by atoms with van der Waals surface area (Å²) in [6.45, 7) is 2.44. The molecule has 5 nitrogen and oxygen atoms in total. The van der Waals surface area contributed by atoms with Crippen LogP contribution in [0.4, 0.5) is 0 Å². The molecule has 4 rings (SSSR count). The summed E-state index contributed by atoms with van der Waals surface area (Å²) in [7, 11) is 0. The lowest BCUT2D eigenvalue weighted by molar-refractivity contribution is 0.344. The molecule has 25 heavy (non-hydrogen) atoms. The molecule has 0 saturated heterocycles. The molecule has 0 atom stereocenters. The lowest BCUT2D eigenvalue weighted by atomic mass is 10.2. The highest BCUT2D eigenvalue weighted by Crippen LogP contribution is 2.24. The Kier molecular flexibility index (Phi) is 4.46. The third-order valence-electron chi connectivity index (χ3n) is 3.63. The monoisotopic (exact) mass is 370 g/mol. The first-order valence-electron chi connectivity index (χ1n) is 7.84. The van der Waals surface area contributed by atoms with Crippen molar-refractivity contribution in [1.82, 2.24) is 19.6 Å². The molecule has 0 unspecified atom stereocenters. The number of para-hydroxylation sites is 1. The van der Waals surface area contributed by atoms with Crippen LogP contribution in [0.2, 0.25) is 5.02 Å². The predicted molar refractivity (Wildman–Crippen MR) is 101 cm³/mol. The molecule has 0 fully saturated rings. The molecule has 0 bridgehead atoms. The zero-order valence-corrected chi connectivity index (χ0v) is 15.1. The van der Waals surface area contributed by atoms with Gasteiger partial charge in [-0.05, 0) is 37.3 Å². The first kappa shape index (κ1) is 16.2. The van der Waals surface area contributed by atoms with Crippen molar-refractivity contribution in [2.24, 2.45) is 0 Å². The topological polar surface area (TPSA) is 52.3 Å². The van der Waals surface area contributed by atoms with Gasteiger partial charge in [-0.15, -0.1) is 5.10 Å². The van der Waals surface area contributed by atoms with Gasteiger partial charge in [0.2, 0.25) is 0 Å². The minimum atomic E-state index is 0.550. The molecule has 0 amide bonds. The van der Waals surface area contributed by atoms with E-state index in [0.29, 0.717) is 11.6 Å². The molecule has 0 radical (unpaired) electrons. The van der Waals surface area contributed by atoms with E-state index in [2.05, 4.69) is 10.1 Å². The van der Waals surface area contributed by atoms with Gasteiger partial charge in [-0.2, -0.15) is 4.52 Å². The molecule has 0 saturated carbocycles. The van der Waals surface area contributed by atoms with Gasteiger partial charge in [0.05, 0.1) is 12.1 Å². The van der Waals surface area contributed by atoms with Crippen molar-refractivity contribution in [3.05, 3.63) is 59.4 Å². The second kappa shape index (κ2) is 6.90. The van der Waals surface area contributed by atoms with Gasteiger partial charge in [-0.25, -0.2) is 9.97 Å². The van der Waals surface area contributed by atoms with Crippen LogP contribution in [0.5, 0.6) is 5.75 Å². The van der Waals surface area contributed by atoms with Gasteiger partial charge in [-0.3, -0.25) is 0 Å². The van der Waals surface area contributed by atoms with Crippen LogP contribution in [0.25, 0.3) is 16.6 Å². The van der Waals surface area contributed by atoms with Gasteiger partial charge in [0.15, 0.2) is 10.8 Å². The van der Waals surface area contributed by atoms with Crippen LogP contribution in [0.15, 0.2) is 53.7 Å². The standard InChI is InChI=1S/C18H15ClN4OS/c1-12-20-17-15-7-2-3-8-16(15)21-18(23(17)22-12)25-10-9-24-14-6-4-5-13(19)11-14/h2-8,11H,9-10H2,1H3. The quantitative estimate of drug-likeness (QED) is 0.296. The first-order valence-corrected chi connectivity index (χ1v) is 9.20. The number of aryl methyl sites for hydroxylation is 1. The average molecular weight is 371 g/mol. The van der Waals surface area contributed by atoms with Crippen LogP contribution >= 0.6 is 23.4 Å². The Hall–Kier alpha value is -2.31. The number of fused-ring (bicyclic) bond motifs is 3. The van der Waals surface area contributed by atoms with Crippen molar-refractivity contribution >= 4 is 39.9 Å². The number of halogens is 1. The maximum absolute atomic E-state index is 5.96. The maximum atomic E-state index is 5.96. The Morgan fingerprint density at radius 1 is 1.12 bits per heavy atom. The highest BCUT2D eigenvalue weighted by atomic mass is 35.5. The Bertz CT molecular complexity index is 1050. The van der Waals surface area contributed by atoms with E-state index in [1.165, 1.54) is 0 Å². The summed E-state index contributed by atoms with van der Waals surface area (Å²) >= 11 is 7.56. The molecule has 126 valence electrons. The van der Waals surface area contributed by atoms with Gasteiger partial charge >= 0.3 is 0 Å². The molecule has 0 aliphatic rings. The number of nitrogens with zero attached hydrogens (tertiary/aromatic N) is 4. The Morgan fingerprint density at radius 2 is 2.00 bits per heavy atom. The number of ether oxygens (including phenoxy) is 1. The van der Waals surface area contributed by atoms with E-state index >= 15 is 0 Å². The number of thioether (sulfide) groups is 1. The highest BCUT2D eigenvalue weighted by molar-refractivity contribution is 7.99. The summed E-state index contributed by atoms with van der Waals surface area (Å²) in [6.07, 6.45) is 0. The zero-order chi connectivity index (χ0) is 17.2. The highest BCUT2D eigenvalue weighted by Gasteiger charge is 2.12. The average Bonchev–Trinajstić information content (AvgIpc) is 3.01. The number of rotatable bonds is 5. The van der Waals surface area contributed by atoms with Gasteiger partial charge in [0, 0.05) is 16.2 Å². The minimum Gasteiger partial charge on any atom is -0.493 e. The van der Waals surface area contributed by atoms with E-state index in [1.807, 2.05) is 53.9 Å². The minimum absolute atomic E-state index is 0.550. The van der Waals surface area contributed by atoms with Crippen molar-refractivity contribution in [1.29, 1.82) is 0 Å². The number of benzene rings is 2. The molecule has 0 N–H and O–H groups in total. The smallest absolute Gasteiger partial charge is 0.191 e. The van der Waals surface area contributed by atoms with Crippen LogP contribution in [0.3, 0.4) is 0 Å². The molecule has 0 aliphatic carbocycles. The molecule has 2 heterocycles. The molecule has 2 aromatic heterocycles. The summed E-state index contributed by atoms with van der Waals surface area (Å²) in [5.74, 6) is 2.24. The second-order valence-electron chi connectivity index (χ2n) is 5.46. The fraction of sp³-hybridized carbons (Fsp3) is 0.167. The van der Waals surface area contributed by atoms with Crippen LogP contribution in [-0.2, 0) is 0 Å². The summed E-state index contributed by atoms with van der Waals surface area (Å²) in [6, 6.07) is 15.4. The van der Waals surface area contributed by atoms with E-state index in [1.54, 1.807) is 17.8 Å². The summed E-state index contributed by atoms with van der Waals surface area (Å²) in [4.78, 5) is 9.26. The lowest BCUT2D eigenvalue weighted by Crippen LogP contribution is -2.03. The lowest BCUT2D eigenvalue weighted by Gasteiger charge is -2.08. The van der Waals surface area contributed by atoms with Crippen molar-refractivity contribution in [2.75, 3.05) is 12.4 Å². The Morgan fingerprint density at radius 3 is 2.88 bits per heavy atom. The normalized spacial score (nSPS) is 11.3. The van der Waals surface area contributed by atoms with Gasteiger partial charge < -0.3 is 4.74 Å². The fourth-order valence-electron chi connectivity index (χ4n) is 2.58. The van der Waals surface area contributed by atoms with Crippen molar-refractivity contribution in [3.8, 4) is 5.75 Å². The van der Waals surface area contributed by atoms with Crippen LogP contribution in [0.1, 0.15) is 5.82 Å². The molecule has 0 spiro atoms. The van der Waals surface area contributed by atoms with E-state index in [4.69, 9.17) is 21.3 Å². The summed E-state index contributed by atoms with van der Waals surface area (Å²) < 4.78 is 7.54. The molecule has 0 aliphatic heterocycles. The SMILES string of the molecule is Cc1nc2c3ccccc3nc(SCCOc3cccc(Cl)c3)n2n1. The molecule has 2 aromatic carbocycles. The summed E-state index contributed by atoms with van der Waals surface area (Å²) in [5.41, 5.74) is 1.75. The molecule has 7 heteroatoms. The predicted octanol–water partition coefficient (Wildman–Crippen LogP) is 4.41. The van der Waals surface area contributed by atoms with Gasteiger partial charge in [0.25, 0.3) is 0 Å². The van der Waals surface area contributed by atoms with Crippen molar-refractivity contribution < 1.29 is 4.74 Å². The molecular formula is C18H15ClN4OS. The van der Waals surface area contributed by atoms with Crippen molar-refractivity contribution in [2.45, 2.75) is 12.1 Å². The third kappa shape index (κ3) is 3.41. The Labute approximate surface area is 154 Å². The van der Waals surface area contributed by atoms with Crippen LogP contribution < -0.4 is 4.74 Å². The maximum Gasteiger partial charge on any atom is 0.191 e. The molecule has 4 aromatic rings. The largest absolute Gasteiger partial charge is 0.493 e. The van der Waals surface area contributed by atoms with E-state index in [-0.39, 0.29) is 0 Å². The van der Waals surface area contributed by atoms with E-state index in [0.717, 1.165) is 39.0 Å². The Balaban J connectivity index is 1.54.